The van der Waals surface area contributed by atoms with Gasteiger partial charge in [-0.3, -0.25) is 4.79 Å². The van der Waals surface area contributed by atoms with Crippen molar-refractivity contribution in [2.45, 2.75) is 50.4 Å². The summed E-state index contributed by atoms with van der Waals surface area (Å²) in [5, 5.41) is 12.1. The van der Waals surface area contributed by atoms with Gasteiger partial charge in [-0.05, 0) is 44.1 Å². The lowest BCUT2D eigenvalue weighted by molar-refractivity contribution is -0.150. The number of thioether (sulfide) groups is 1. The molecule has 2 heterocycles. The van der Waals surface area contributed by atoms with Gasteiger partial charge in [0, 0.05) is 6.61 Å². The molecule has 0 radical (unpaired) electrons. The predicted molar refractivity (Wildman–Crippen MR) is 79.5 cm³/mol. The molecule has 0 spiro atoms. The van der Waals surface area contributed by atoms with Gasteiger partial charge in [-0.2, -0.15) is 11.8 Å². The molecule has 2 N–H and O–H groups in total. The van der Waals surface area contributed by atoms with Crippen molar-refractivity contribution < 1.29 is 24.2 Å². The minimum atomic E-state index is -1.14. The number of hydrogen-bond acceptors (Lipinski definition) is 5. The van der Waals surface area contributed by atoms with E-state index >= 15 is 0 Å². The van der Waals surface area contributed by atoms with Gasteiger partial charge in [-0.1, -0.05) is 0 Å². The number of nitrogens with one attached hydrogen (secondary N) is 1. The first-order valence-electron chi connectivity index (χ1n) is 7.40. The van der Waals surface area contributed by atoms with Gasteiger partial charge in [0.05, 0.1) is 12.7 Å². The number of aliphatic carboxylic acids is 1. The molecule has 0 aromatic carbocycles. The van der Waals surface area contributed by atoms with Crippen molar-refractivity contribution in [3.8, 4) is 0 Å². The summed E-state index contributed by atoms with van der Waals surface area (Å²) >= 11 is 1.71. The first-order valence-corrected chi connectivity index (χ1v) is 8.55. The monoisotopic (exact) mass is 317 g/mol. The van der Waals surface area contributed by atoms with Crippen molar-refractivity contribution in [1.82, 2.24) is 5.32 Å². The second-order valence-electron chi connectivity index (χ2n) is 5.60. The van der Waals surface area contributed by atoms with E-state index in [0.717, 1.165) is 31.0 Å². The molecule has 2 aliphatic heterocycles. The minimum Gasteiger partial charge on any atom is -0.480 e. The van der Waals surface area contributed by atoms with Gasteiger partial charge in [0.2, 0.25) is 5.91 Å². The van der Waals surface area contributed by atoms with Crippen LogP contribution in [0.3, 0.4) is 0 Å². The zero-order valence-corrected chi connectivity index (χ0v) is 13.1. The van der Waals surface area contributed by atoms with Gasteiger partial charge >= 0.3 is 5.97 Å². The van der Waals surface area contributed by atoms with Crippen molar-refractivity contribution in [3.63, 3.8) is 0 Å². The predicted octanol–water partition coefficient (Wildman–Crippen LogP) is 1.04. The van der Waals surface area contributed by atoms with Gasteiger partial charge in [-0.15, -0.1) is 0 Å². The van der Waals surface area contributed by atoms with Crippen LogP contribution in [-0.2, 0) is 19.1 Å². The highest BCUT2D eigenvalue weighted by molar-refractivity contribution is 7.99. The lowest BCUT2D eigenvalue weighted by Crippen LogP contribution is -2.58. The van der Waals surface area contributed by atoms with Gasteiger partial charge in [0.1, 0.15) is 11.6 Å². The lowest BCUT2D eigenvalue weighted by atomic mass is 9.92. The number of rotatable bonds is 6. The Balaban J connectivity index is 1.84. The molecule has 0 aliphatic carbocycles. The molecule has 7 heteroatoms. The van der Waals surface area contributed by atoms with E-state index in [4.69, 9.17) is 9.47 Å². The summed E-state index contributed by atoms with van der Waals surface area (Å²) in [6.45, 7) is 2.77. The number of ether oxygens (including phenoxy) is 2. The van der Waals surface area contributed by atoms with Crippen LogP contribution >= 0.6 is 11.8 Å². The van der Waals surface area contributed by atoms with E-state index in [-0.39, 0.29) is 12.0 Å². The van der Waals surface area contributed by atoms with E-state index in [0.29, 0.717) is 19.4 Å². The largest absolute Gasteiger partial charge is 0.480 e. The highest BCUT2D eigenvalue weighted by Crippen LogP contribution is 2.27. The number of carboxylic acid groups (broad SMARTS) is 1. The molecule has 1 amide bonds. The van der Waals surface area contributed by atoms with Crippen LogP contribution in [0.5, 0.6) is 0 Å². The van der Waals surface area contributed by atoms with E-state index < -0.39 is 17.6 Å². The molecule has 0 aromatic rings. The fourth-order valence-corrected chi connectivity index (χ4v) is 3.74. The van der Waals surface area contributed by atoms with Crippen LogP contribution in [0.4, 0.5) is 0 Å². The van der Waals surface area contributed by atoms with Gasteiger partial charge in [-0.25, -0.2) is 4.79 Å². The molecule has 2 unspecified atom stereocenters. The average molecular weight is 317 g/mol. The topological polar surface area (TPSA) is 84.9 Å². The molecule has 21 heavy (non-hydrogen) atoms. The van der Waals surface area contributed by atoms with Crippen LogP contribution in [-0.4, -0.2) is 59.4 Å². The molecule has 120 valence electrons. The molecule has 6 nitrogen and oxygen atoms in total. The molecule has 2 atom stereocenters. The maximum atomic E-state index is 12.2. The molecule has 2 saturated heterocycles. The Labute approximate surface area is 128 Å². The smallest absolute Gasteiger partial charge is 0.329 e. The number of carbonyl (C=O) groups excluding carboxylic acids is 1. The summed E-state index contributed by atoms with van der Waals surface area (Å²) in [5.74, 6) is 0.180. The number of carbonyl (C=O) groups is 2. The van der Waals surface area contributed by atoms with E-state index in [1.165, 1.54) is 0 Å². The SMILES string of the molecule is CC(OCC1CCCO1)C(=O)NC1(C(=O)O)CCSCC1. The zero-order valence-electron chi connectivity index (χ0n) is 12.3. The van der Waals surface area contributed by atoms with Gasteiger partial charge < -0.3 is 19.9 Å². The Kier molecular flexibility index (Phi) is 5.89. The van der Waals surface area contributed by atoms with Gasteiger partial charge in [0.15, 0.2) is 0 Å². The minimum absolute atomic E-state index is 0.0553. The fraction of sp³-hybridized carbons (Fsp3) is 0.857. The van der Waals surface area contributed by atoms with Crippen molar-refractivity contribution in [2.75, 3.05) is 24.7 Å². The number of hydrogen-bond donors (Lipinski definition) is 2. The fourth-order valence-electron chi connectivity index (χ4n) is 2.55. The Bertz CT molecular complexity index is 378. The summed E-state index contributed by atoms with van der Waals surface area (Å²) in [7, 11) is 0. The van der Waals surface area contributed by atoms with E-state index in [2.05, 4.69) is 5.32 Å². The Morgan fingerprint density at radius 1 is 1.48 bits per heavy atom. The highest BCUT2D eigenvalue weighted by atomic mass is 32.2. The maximum Gasteiger partial charge on any atom is 0.329 e. The van der Waals surface area contributed by atoms with Crippen LogP contribution in [0.15, 0.2) is 0 Å². The Morgan fingerprint density at radius 3 is 2.76 bits per heavy atom. The highest BCUT2D eigenvalue weighted by Gasteiger charge is 2.42. The normalized spacial score (nSPS) is 26.2. The van der Waals surface area contributed by atoms with Crippen LogP contribution in [0.2, 0.25) is 0 Å². The first kappa shape index (κ1) is 16.6. The van der Waals surface area contributed by atoms with Crippen LogP contribution in [0.25, 0.3) is 0 Å². The van der Waals surface area contributed by atoms with Crippen LogP contribution in [0, 0.1) is 0 Å². The molecular weight excluding hydrogens is 294 g/mol. The van der Waals surface area contributed by atoms with Crippen molar-refractivity contribution in [3.05, 3.63) is 0 Å². The molecule has 2 aliphatic rings. The third-order valence-corrected chi connectivity index (χ3v) is 5.03. The van der Waals surface area contributed by atoms with Crippen molar-refractivity contribution in [2.24, 2.45) is 0 Å². The van der Waals surface area contributed by atoms with Crippen molar-refractivity contribution in [1.29, 1.82) is 0 Å². The quantitative estimate of drug-likeness (QED) is 0.761. The standard InChI is InChI=1S/C14H23NO5S/c1-10(20-9-11-3-2-6-19-11)12(16)15-14(13(17)18)4-7-21-8-5-14/h10-11H,2-9H2,1H3,(H,15,16)(H,17,18). The number of amides is 1. The zero-order chi connectivity index (χ0) is 15.3. The molecule has 2 fully saturated rings. The third-order valence-electron chi connectivity index (χ3n) is 4.04. The van der Waals surface area contributed by atoms with Crippen LogP contribution in [0.1, 0.15) is 32.6 Å². The molecular formula is C14H23NO5S. The lowest BCUT2D eigenvalue weighted by Gasteiger charge is -2.34. The second kappa shape index (κ2) is 7.47. The van der Waals surface area contributed by atoms with Crippen LogP contribution < -0.4 is 5.32 Å². The summed E-state index contributed by atoms with van der Waals surface area (Å²) in [4.78, 5) is 23.7. The summed E-state index contributed by atoms with van der Waals surface area (Å²) in [5.41, 5.74) is -1.14. The first-order chi connectivity index (χ1) is 10.0. The van der Waals surface area contributed by atoms with Crippen molar-refractivity contribution >= 4 is 23.6 Å². The third kappa shape index (κ3) is 4.34. The summed E-state index contributed by atoms with van der Waals surface area (Å²) in [6.07, 6.45) is 2.27. The summed E-state index contributed by atoms with van der Waals surface area (Å²) in [6, 6.07) is 0. The summed E-state index contributed by atoms with van der Waals surface area (Å²) < 4.78 is 11.0. The number of carboxylic acids is 1. The average Bonchev–Trinajstić information content (AvgIpc) is 2.98. The maximum absolute atomic E-state index is 12.2. The molecule has 0 bridgehead atoms. The Hall–Kier alpha value is -0.790. The second-order valence-corrected chi connectivity index (χ2v) is 6.82. The Morgan fingerprint density at radius 2 is 2.19 bits per heavy atom. The van der Waals surface area contributed by atoms with Gasteiger partial charge in [0.25, 0.3) is 0 Å². The van der Waals surface area contributed by atoms with E-state index in [9.17, 15) is 14.7 Å². The van der Waals surface area contributed by atoms with E-state index in [1.807, 2.05) is 0 Å². The molecule has 0 aromatic heterocycles. The van der Waals surface area contributed by atoms with E-state index in [1.54, 1.807) is 18.7 Å². The molecule has 0 saturated carbocycles. The molecule has 2 rings (SSSR count).